The number of hydrogen-bond donors (Lipinski definition) is 2. The molecule has 3 aromatic carbocycles. The highest BCUT2D eigenvalue weighted by Gasteiger charge is 2.15. The Morgan fingerprint density at radius 3 is 2.11 bits per heavy atom. The maximum absolute atomic E-state index is 10.8. The Bertz CT molecular complexity index is 1110. The number of anilines is 1. The van der Waals surface area contributed by atoms with Gasteiger partial charge in [-0.05, 0) is 67.4 Å². The summed E-state index contributed by atoms with van der Waals surface area (Å²) in [5.41, 5.74) is 5.73. The molecule has 0 aliphatic heterocycles. The summed E-state index contributed by atoms with van der Waals surface area (Å²) in [7, 11) is 0. The van der Waals surface area contributed by atoms with Gasteiger partial charge in [-0.25, -0.2) is 0 Å². The van der Waals surface area contributed by atoms with E-state index < -0.39 is 6.10 Å². The van der Waals surface area contributed by atoms with Gasteiger partial charge in [0, 0.05) is 43.0 Å². The summed E-state index contributed by atoms with van der Waals surface area (Å²) in [5.74, 6) is 0. The zero-order valence-electron chi connectivity index (χ0n) is 15.8. The molecular weight excluding hydrogens is 480 g/mol. The number of hydrogen-bond acceptors (Lipinski definition) is 2. The molecule has 0 radical (unpaired) electrons. The van der Waals surface area contributed by atoms with Gasteiger partial charge < -0.3 is 15.0 Å². The van der Waals surface area contributed by atoms with E-state index in [1.54, 1.807) is 0 Å². The van der Waals surface area contributed by atoms with E-state index in [1.165, 1.54) is 21.9 Å². The maximum Gasteiger partial charge on any atom is 0.0891 e. The van der Waals surface area contributed by atoms with Crippen molar-refractivity contribution in [3.05, 3.63) is 74.7 Å². The van der Waals surface area contributed by atoms with Gasteiger partial charge in [0.2, 0.25) is 0 Å². The summed E-state index contributed by atoms with van der Waals surface area (Å²) in [6, 6.07) is 18.9. The van der Waals surface area contributed by atoms with Gasteiger partial charge in [0.15, 0.2) is 0 Å². The quantitative estimate of drug-likeness (QED) is 0.331. The highest BCUT2D eigenvalue weighted by Crippen LogP contribution is 2.33. The molecule has 1 aromatic heterocycles. The highest BCUT2D eigenvalue weighted by atomic mass is 79.9. The molecule has 3 nitrogen and oxygen atoms in total. The lowest BCUT2D eigenvalue weighted by Crippen LogP contribution is -2.25. The van der Waals surface area contributed by atoms with Crippen LogP contribution in [0.2, 0.25) is 0 Å². The number of nitrogens with zero attached hydrogens (tertiary/aromatic N) is 1. The third-order valence-electron chi connectivity index (χ3n) is 5.10. The topological polar surface area (TPSA) is 37.2 Å². The van der Waals surface area contributed by atoms with Crippen molar-refractivity contribution >= 4 is 59.4 Å². The average molecular weight is 502 g/mol. The summed E-state index contributed by atoms with van der Waals surface area (Å²) in [4.78, 5) is 0. The van der Waals surface area contributed by atoms with Crippen LogP contribution in [-0.2, 0) is 6.54 Å². The first-order valence-corrected chi connectivity index (χ1v) is 10.9. The van der Waals surface area contributed by atoms with Crippen LogP contribution in [0.5, 0.6) is 0 Å². The van der Waals surface area contributed by atoms with Crippen molar-refractivity contribution in [2.75, 3.05) is 11.9 Å². The fourth-order valence-electron chi connectivity index (χ4n) is 3.67. The van der Waals surface area contributed by atoms with Crippen LogP contribution in [0.1, 0.15) is 11.1 Å². The molecule has 0 fully saturated rings. The normalized spacial score (nSPS) is 12.6. The van der Waals surface area contributed by atoms with Gasteiger partial charge in [-0.1, -0.05) is 44.0 Å². The first kappa shape index (κ1) is 19.5. The number of benzene rings is 3. The van der Waals surface area contributed by atoms with Gasteiger partial charge in [0.1, 0.15) is 0 Å². The van der Waals surface area contributed by atoms with Crippen molar-refractivity contribution in [1.82, 2.24) is 4.57 Å². The number of aromatic nitrogens is 1. The second kappa shape index (κ2) is 7.90. The molecule has 0 amide bonds. The van der Waals surface area contributed by atoms with Gasteiger partial charge in [-0.2, -0.15) is 0 Å². The molecule has 0 saturated heterocycles. The van der Waals surface area contributed by atoms with Crippen LogP contribution in [0.3, 0.4) is 0 Å². The van der Waals surface area contributed by atoms with E-state index in [0.717, 1.165) is 25.7 Å². The lowest BCUT2D eigenvalue weighted by molar-refractivity contribution is 0.169. The second-order valence-electron chi connectivity index (χ2n) is 7.29. The molecule has 28 heavy (non-hydrogen) atoms. The van der Waals surface area contributed by atoms with Gasteiger partial charge in [-0.3, -0.25) is 0 Å². The molecule has 2 N–H and O–H groups in total. The van der Waals surface area contributed by atoms with Crippen molar-refractivity contribution in [3.8, 4) is 0 Å². The van der Waals surface area contributed by atoms with Gasteiger partial charge >= 0.3 is 0 Å². The largest absolute Gasteiger partial charge is 0.389 e. The molecule has 1 atom stereocenters. The Labute approximate surface area is 181 Å². The Morgan fingerprint density at radius 2 is 1.50 bits per heavy atom. The summed E-state index contributed by atoms with van der Waals surface area (Å²) < 4.78 is 4.31. The van der Waals surface area contributed by atoms with Crippen molar-refractivity contribution in [2.24, 2.45) is 0 Å². The summed E-state index contributed by atoms with van der Waals surface area (Å²) >= 11 is 7.16. The van der Waals surface area contributed by atoms with Crippen LogP contribution in [0, 0.1) is 13.8 Å². The first-order valence-electron chi connectivity index (χ1n) is 9.28. The van der Waals surface area contributed by atoms with Gasteiger partial charge in [0.05, 0.1) is 12.6 Å². The maximum atomic E-state index is 10.8. The Balaban J connectivity index is 1.64. The van der Waals surface area contributed by atoms with Crippen molar-refractivity contribution in [3.63, 3.8) is 0 Å². The molecule has 0 bridgehead atoms. The Hall–Kier alpha value is -1.82. The molecule has 0 spiro atoms. The van der Waals surface area contributed by atoms with E-state index >= 15 is 0 Å². The molecule has 1 heterocycles. The van der Waals surface area contributed by atoms with Crippen molar-refractivity contribution < 1.29 is 5.11 Å². The van der Waals surface area contributed by atoms with E-state index in [0.29, 0.717) is 13.1 Å². The van der Waals surface area contributed by atoms with Crippen LogP contribution >= 0.6 is 31.9 Å². The minimum Gasteiger partial charge on any atom is -0.389 e. The second-order valence-corrected chi connectivity index (χ2v) is 9.12. The molecule has 5 heteroatoms. The van der Waals surface area contributed by atoms with Crippen LogP contribution < -0.4 is 5.32 Å². The van der Waals surface area contributed by atoms with E-state index in [2.05, 4.69) is 98.1 Å². The number of aryl methyl sites for hydroxylation is 2. The number of halogens is 2. The molecule has 1 unspecified atom stereocenters. The summed E-state index contributed by atoms with van der Waals surface area (Å²) in [5, 5.41) is 16.5. The Morgan fingerprint density at radius 1 is 0.893 bits per heavy atom. The zero-order valence-corrected chi connectivity index (χ0v) is 19.0. The van der Waals surface area contributed by atoms with Crippen molar-refractivity contribution in [2.45, 2.75) is 26.5 Å². The third kappa shape index (κ3) is 3.84. The number of aliphatic hydroxyl groups is 1. The Kier molecular flexibility index (Phi) is 5.50. The van der Waals surface area contributed by atoms with Crippen LogP contribution in [0.4, 0.5) is 5.69 Å². The number of nitrogens with one attached hydrogen (secondary N) is 1. The van der Waals surface area contributed by atoms with Crippen molar-refractivity contribution in [1.29, 1.82) is 0 Å². The van der Waals surface area contributed by atoms with Gasteiger partial charge in [-0.15, -0.1) is 0 Å². The third-order valence-corrected chi connectivity index (χ3v) is 6.09. The van der Waals surface area contributed by atoms with Crippen LogP contribution in [0.15, 0.2) is 63.5 Å². The van der Waals surface area contributed by atoms with Gasteiger partial charge in [0.25, 0.3) is 0 Å². The molecular formula is C23H22Br2N2O. The fourth-order valence-corrected chi connectivity index (χ4v) is 4.40. The van der Waals surface area contributed by atoms with Crippen LogP contribution in [-0.4, -0.2) is 22.3 Å². The fraction of sp³-hybridized carbons (Fsp3) is 0.217. The minimum atomic E-state index is -0.508. The zero-order chi connectivity index (χ0) is 19.8. The molecule has 4 rings (SSSR count). The molecule has 4 aromatic rings. The predicted molar refractivity (Wildman–Crippen MR) is 125 cm³/mol. The number of rotatable bonds is 5. The number of aliphatic hydroxyl groups excluding tert-OH is 1. The lowest BCUT2D eigenvalue weighted by atomic mass is 10.1. The van der Waals surface area contributed by atoms with Crippen LogP contribution in [0.25, 0.3) is 21.8 Å². The van der Waals surface area contributed by atoms with E-state index in [-0.39, 0.29) is 0 Å². The van der Waals surface area contributed by atoms with E-state index in [1.807, 2.05) is 12.1 Å². The standard InChI is InChI=1S/C23H22Br2N2O/c1-14-3-4-15(2)21(9-14)26-12-18(28)13-27-22-7-5-16(24)10-19(22)20-11-17(25)6-8-23(20)27/h3-11,18,26,28H,12-13H2,1-2H3. The smallest absolute Gasteiger partial charge is 0.0891 e. The lowest BCUT2D eigenvalue weighted by Gasteiger charge is -2.17. The SMILES string of the molecule is Cc1ccc(C)c(NCC(O)Cn2c3ccc(Br)cc3c3cc(Br)ccc32)c1. The minimum absolute atomic E-state index is 0.499. The summed E-state index contributed by atoms with van der Waals surface area (Å²) in [6.07, 6.45) is -0.508. The highest BCUT2D eigenvalue weighted by molar-refractivity contribution is 9.10. The summed E-state index contributed by atoms with van der Waals surface area (Å²) in [6.45, 7) is 5.19. The molecule has 144 valence electrons. The average Bonchev–Trinajstić information content (AvgIpc) is 2.95. The molecule has 0 saturated carbocycles. The van der Waals surface area contributed by atoms with E-state index in [4.69, 9.17) is 0 Å². The molecule has 0 aliphatic carbocycles. The predicted octanol–water partition coefficient (Wildman–Crippen LogP) is 6.41. The molecule has 0 aliphatic rings. The number of fused-ring (bicyclic) bond motifs is 3. The van der Waals surface area contributed by atoms with E-state index in [9.17, 15) is 5.11 Å². The monoisotopic (exact) mass is 500 g/mol. The first-order chi connectivity index (χ1) is 13.4.